The van der Waals surface area contributed by atoms with E-state index in [-0.39, 0.29) is 10.0 Å². The molecule has 0 rings (SSSR count). The number of halogens is 1. The van der Waals surface area contributed by atoms with E-state index in [0.29, 0.717) is 26.1 Å². The van der Waals surface area contributed by atoms with Crippen molar-refractivity contribution in [3.05, 3.63) is 0 Å². The number of hydrogen-bond acceptors (Lipinski definition) is 4. The highest BCUT2D eigenvalue weighted by molar-refractivity contribution is 14.1. The lowest BCUT2D eigenvalue weighted by Gasteiger charge is -2.31. The monoisotopic (exact) mass is 627 g/mol. The second-order valence-electron chi connectivity index (χ2n) is 10.9. The summed E-state index contributed by atoms with van der Waals surface area (Å²) in [7, 11) is 6.30. The fourth-order valence-corrected chi connectivity index (χ4v) is 5.52. The largest absolute Gasteiger partial charge is 0.760 e. The van der Waals surface area contributed by atoms with Crippen LogP contribution in [0.1, 0.15) is 110 Å². The molecule has 6 nitrogen and oxygen atoms in total. The Morgan fingerprint density at radius 2 is 1.40 bits per heavy atom. The molecule has 0 aliphatic carbocycles. The van der Waals surface area contributed by atoms with Crippen molar-refractivity contribution in [1.82, 2.24) is 4.31 Å². The minimum atomic E-state index is -2.28. The Kier molecular flexibility index (Phi) is 23.5. The van der Waals surface area contributed by atoms with Gasteiger partial charge in [0.25, 0.3) is 0 Å². The molecule has 0 saturated heterocycles. The van der Waals surface area contributed by atoms with Gasteiger partial charge in [-0.25, -0.2) is 4.31 Å². The van der Waals surface area contributed by atoms with Gasteiger partial charge in [0.15, 0.2) is 0 Å². The van der Waals surface area contributed by atoms with Crippen LogP contribution < -0.4 is 0 Å². The molecule has 0 aliphatic rings. The molecule has 0 aromatic heterocycles. The maximum Gasteiger partial charge on any atom is 0.113 e. The van der Waals surface area contributed by atoms with Crippen molar-refractivity contribution in [1.29, 1.82) is 5.26 Å². The number of nitrogens with zero attached hydrogens (tertiary/aromatic N) is 3. The predicted molar refractivity (Wildman–Crippen MR) is 156 cm³/mol. The van der Waals surface area contributed by atoms with Crippen LogP contribution in [0.15, 0.2) is 0 Å². The summed E-state index contributed by atoms with van der Waals surface area (Å²) in [5.41, 5.74) is 0. The quantitative estimate of drug-likeness (QED) is 0.0360. The van der Waals surface area contributed by atoms with Gasteiger partial charge in [0.1, 0.15) is 4.11 Å². The van der Waals surface area contributed by atoms with Crippen LogP contribution in [-0.4, -0.2) is 69.0 Å². The number of hydrogen-bond donors (Lipinski definition) is 0. The number of nitriles is 1. The number of alkyl halides is 1. The zero-order chi connectivity index (χ0) is 26.4. The van der Waals surface area contributed by atoms with Crippen molar-refractivity contribution in [2.75, 3.05) is 47.4 Å². The first-order valence-electron chi connectivity index (χ1n) is 14.0. The molecule has 0 radical (unpaired) electrons. The highest BCUT2D eigenvalue weighted by Crippen LogP contribution is 2.22. The van der Waals surface area contributed by atoms with E-state index in [2.05, 4.69) is 56.7 Å². The van der Waals surface area contributed by atoms with E-state index in [1.807, 2.05) is 0 Å². The lowest BCUT2D eigenvalue weighted by Crippen LogP contribution is -2.40. The summed E-state index contributed by atoms with van der Waals surface area (Å²) in [6.07, 6.45) is 19.7. The highest BCUT2D eigenvalue weighted by atomic mass is 127. The summed E-state index contributed by atoms with van der Waals surface area (Å²) < 4.78 is 31.6. The van der Waals surface area contributed by atoms with Gasteiger partial charge in [-0.2, -0.15) is 5.26 Å². The smallest absolute Gasteiger partial charge is 0.113 e. The summed E-state index contributed by atoms with van der Waals surface area (Å²) in [6.45, 7) is 4.67. The molecular formula is C27H54IN3O3S. The van der Waals surface area contributed by atoms with Gasteiger partial charge in [0.2, 0.25) is 0 Å². The van der Waals surface area contributed by atoms with Gasteiger partial charge in [-0.3, -0.25) is 4.21 Å². The third kappa shape index (κ3) is 23.1. The maximum atomic E-state index is 11.7. The molecule has 35 heavy (non-hydrogen) atoms. The first kappa shape index (κ1) is 35.2. The van der Waals surface area contributed by atoms with E-state index in [9.17, 15) is 14.0 Å². The number of rotatable bonds is 25. The average molecular weight is 628 g/mol. The molecule has 0 bridgehead atoms. The average Bonchev–Trinajstić information content (AvgIpc) is 2.79. The summed E-state index contributed by atoms with van der Waals surface area (Å²) in [5.74, 6) is -0.116. The molecule has 0 heterocycles. The van der Waals surface area contributed by atoms with E-state index in [0.717, 1.165) is 23.9 Å². The zero-order valence-electron chi connectivity index (χ0n) is 23.1. The fourth-order valence-electron chi connectivity index (χ4n) is 4.20. The van der Waals surface area contributed by atoms with Gasteiger partial charge < -0.3 is 13.8 Å². The molecular weight excluding hydrogens is 573 g/mol. The molecule has 0 aromatic rings. The Morgan fingerprint density at radius 3 is 1.83 bits per heavy atom. The lowest BCUT2D eigenvalue weighted by atomic mass is 10.0. The van der Waals surface area contributed by atoms with E-state index in [4.69, 9.17) is 4.74 Å². The molecule has 0 spiro atoms. The predicted octanol–water partition coefficient (Wildman–Crippen LogP) is 6.97. The Hall–Kier alpha value is 0.210. The number of ether oxygens (including phenoxy) is 1. The van der Waals surface area contributed by atoms with Crippen LogP contribution in [0.2, 0.25) is 0 Å². The van der Waals surface area contributed by atoms with E-state index >= 15 is 0 Å². The number of quaternary nitrogens is 1. The Balaban J connectivity index is 3.94. The summed E-state index contributed by atoms with van der Waals surface area (Å²) in [4.78, 5) is 0. The Bertz CT molecular complexity index is 555. The van der Waals surface area contributed by atoms with Gasteiger partial charge in [-0.1, -0.05) is 113 Å². The normalized spacial score (nSPS) is 14.7. The molecule has 0 amide bonds. The van der Waals surface area contributed by atoms with E-state index in [1.54, 1.807) is 0 Å². The molecule has 0 N–H and O–H groups in total. The minimum Gasteiger partial charge on any atom is -0.760 e. The fraction of sp³-hybridized carbons (Fsp3) is 0.963. The van der Waals surface area contributed by atoms with Gasteiger partial charge in [-0.15, -0.1) is 0 Å². The van der Waals surface area contributed by atoms with Gasteiger partial charge in [0.05, 0.1) is 33.8 Å². The molecule has 0 aromatic carbocycles. The van der Waals surface area contributed by atoms with E-state index < -0.39 is 11.3 Å². The van der Waals surface area contributed by atoms with Crippen LogP contribution in [0.4, 0.5) is 0 Å². The Morgan fingerprint density at radius 1 is 0.914 bits per heavy atom. The van der Waals surface area contributed by atoms with E-state index in [1.165, 1.54) is 87.8 Å². The van der Waals surface area contributed by atoms with Crippen LogP contribution in [0, 0.1) is 17.2 Å². The van der Waals surface area contributed by atoms with Crippen LogP contribution >= 0.6 is 22.6 Å². The lowest BCUT2D eigenvalue weighted by molar-refractivity contribution is -0.870. The van der Waals surface area contributed by atoms with Crippen molar-refractivity contribution < 1.29 is 18.0 Å². The molecule has 3 atom stereocenters. The first-order valence-corrected chi connectivity index (χ1v) is 16.3. The van der Waals surface area contributed by atoms with Crippen molar-refractivity contribution in [2.24, 2.45) is 5.92 Å². The van der Waals surface area contributed by atoms with Crippen LogP contribution in [0.5, 0.6) is 0 Å². The van der Waals surface area contributed by atoms with Crippen LogP contribution in [0.3, 0.4) is 0 Å². The second kappa shape index (κ2) is 23.3. The van der Waals surface area contributed by atoms with Crippen molar-refractivity contribution in [3.8, 4) is 6.07 Å². The second-order valence-corrected chi connectivity index (χ2v) is 13.1. The van der Waals surface area contributed by atoms with Crippen molar-refractivity contribution in [3.63, 3.8) is 0 Å². The molecule has 3 unspecified atom stereocenters. The third-order valence-corrected chi connectivity index (χ3v) is 8.51. The molecule has 8 heteroatoms. The maximum absolute atomic E-state index is 11.7. The standard InChI is InChI=1S/C27H54IN3O3S/c1-5-6-7-8-9-10-11-12-13-14-15-16-17-18-24-34-27(28)26(20-21-29)25-30(35(32)33)22-19-23-31(2,3)4/h26-27H,5-20,22-25H2,1-4H3. The number of unbranched alkanes of at least 4 members (excludes halogenated alkanes) is 13. The topological polar surface area (TPSA) is 76.4 Å². The van der Waals surface area contributed by atoms with Gasteiger partial charge >= 0.3 is 0 Å². The van der Waals surface area contributed by atoms with Gasteiger partial charge in [-0.05, 0) is 6.42 Å². The molecule has 0 saturated carbocycles. The summed E-state index contributed by atoms with van der Waals surface area (Å²) >= 11 is -0.0523. The molecule has 0 fully saturated rings. The van der Waals surface area contributed by atoms with Crippen molar-refractivity contribution in [2.45, 2.75) is 114 Å². The Labute approximate surface area is 233 Å². The third-order valence-electron chi connectivity index (χ3n) is 6.38. The van der Waals surface area contributed by atoms with Crippen LogP contribution in [0.25, 0.3) is 0 Å². The molecule has 208 valence electrons. The molecule has 0 aliphatic heterocycles. The minimum absolute atomic E-state index is 0.116. The summed E-state index contributed by atoms with van der Waals surface area (Å²) in [6, 6.07) is 2.21. The summed E-state index contributed by atoms with van der Waals surface area (Å²) in [5, 5.41) is 9.24. The SMILES string of the molecule is CCCCCCCCCCCCCCCCOC(I)C(CC#N)CN(CCC[N+](C)(C)C)S(=O)[O-]. The first-order chi connectivity index (χ1) is 16.7. The van der Waals surface area contributed by atoms with Crippen LogP contribution in [-0.2, 0) is 16.0 Å². The highest BCUT2D eigenvalue weighted by Gasteiger charge is 2.23. The van der Waals surface area contributed by atoms with Crippen molar-refractivity contribution >= 4 is 33.9 Å². The zero-order valence-corrected chi connectivity index (χ0v) is 26.1. The van der Waals surface area contributed by atoms with Gasteiger partial charge in [0, 0.05) is 49.7 Å².